The van der Waals surface area contributed by atoms with E-state index < -0.39 is 11.9 Å². The number of carboxylic acid groups (broad SMARTS) is 1. The molecule has 0 aliphatic rings. The van der Waals surface area contributed by atoms with Crippen molar-refractivity contribution < 1.29 is 19.5 Å². The van der Waals surface area contributed by atoms with E-state index in [2.05, 4.69) is 5.32 Å². The van der Waals surface area contributed by atoms with Crippen molar-refractivity contribution in [2.75, 3.05) is 5.32 Å². The molecular weight excluding hydrogens is 340 g/mol. The van der Waals surface area contributed by atoms with Gasteiger partial charge in [0.2, 0.25) is 5.91 Å². The Bertz CT molecular complexity index is 826. The Morgan fingerprint density at radius 2 is 1.88 bits per heavy atom. The number of benzene rings is 1. The van der Waals surface area contributed by atoms with E-state index in [-0.39, 0.29) is 30.7 Å². The minimum Gasteiger partial charge on any atom is -0.481 e. The summed E-state index contributed by atoms with van der Waals surface area (Å²) in [6.07, 6.45) is 0.234. The summed E-state index contributed by atoms with van der Waals surface area (Å²) in [5.41, 5.74) is 9.58. The van der Waals surface area contributed by atoms with Gasteiger partial charge in [0, 0.05) is 23.8 Å². The molecule has 0 atom stereocenters. The first kappa shape index (κ1) is 18.7. The summed E-state index contributed by atoms with van der Waals surface area (Å²) in [5, 5.41) is 13.5. The second kappa shape index (κ2) is 7.94. The van der Waals surface area contributed by atoms with Gasteiger partial charge in [-0.2, -0.15) is 0 Å². The van der Waals surface area contributed by atoms with Gasteiger partial charge in [-0.05, 0) is 37.0 Å². The van der Waals surface area contributed by atoms with E-state index in [9.17, 15) is 14.4 Å². The zero-order chi connectivity index (χ0) is 18.6. The summed E-state index contributed by atoms with van der Waals surface area (Å²) in [6.45, 7) is 3.99. The lowest BCUT2D eigenvalue weighted by Gasteiger charge is -2.08. The highest BCUT2D eigenvalue weighted by atomic mass is 32.1. The number of carboxylic acids is 1. The van der Waals surface area contributed by atoms with Gasteiger partial charge in [-0.15, -0.1) is 11.3 Å². The van der Waals surface area contributed by atoms with Crippen molar-refractivity contribution in [3.63, 3.8) is 0 Å². The number of aliphatic carboxylic acids is 1. The predicted octanol–water partition coefficient (Wildman–Crippen LogP) is 3.32. The fourth-order valence-corrected chi connectivity index (χ4v) is 3.40. The molecule has 0 saturated carbocycles. The standard InChI is InChI=1S/C18H20N2O4S/c1-10-6-7-12(8-11(10)2)13-9-25-18(16(13)17(19)24)20-14(21)4-3-5-15(22)23/h6-9H,3-5H2,1-2H3,(H2,19,24)(H,20,21)(H,22,23). The van der Waals surface area contributed by atoms with Crippen molar-refractivity contribution in [1.29, 1.82) is 0 Å². The third kappa shape index (κ3) is 4.67. The summed E-state index contributed by atoms with van der Waals surface area (Å²) in [7, 11) is 0. The summed E-state index contributed by atoms with van der Waals surface area (Å²) >= 11 is 1.23. The van der Waals surface area contributed by atoms with E-state index in [0.717, 1.165) is 16.7 Å². The molecule has 0 saturated heterocycles. The van der Waals surface area contributed by atoms with E-state index in [4.69, 9.17) is 10.8 Å². The zero-order valence-corrected chi connectivity index (χ0v) is 14.9. The fourth-order valence-electron chi connectivity index (χ4n) is 2.41. The van der Waals surface area contributed by atoms with E-state index in [1.807, 2.05) is 32.0 Å². The average Bonchev–Trinajstić information content (AvgIpc) is 2.93. The Balaban J connectivity index is 2.24. The Kier molecular flexibility index (Phi) is 5.93. The maximum Gasteiger partial charge on any atom is 0.303 e. The number of hydrogen-bond donors (Lipinski definition) is 3. The minimum atomic E-state index is -0.946. The number of aryl methyl sites for hydroxylation is 2. The van der Waals surface area contributed by atoms with Crippen LogP contribution in [-0.4, -0.2) is 22.9 Å². The Labute approximate surface area is 149 Å². The number of primary amides is 1. The van der Waals surface area contributed by atoms with E-state index >= 15 is 0 Å². The molecule has 2 rings (SSSR count). The molecule has 2 aromatic rings. The number of thiophene rings is 1. The largest absolute Gasteiger partial charge is 0.481 e. The summed E-state index contributed by atoms with van der Waals surface area (Å²) in [6, 6.07) is 5.86. The molecule has 0 fully saturated rings. The summed E-state index contributed by atoms with van der Waals surface area (Å²) in [5.74, 6) is -1.90. The quantitative estimate of drug-likeness (QED) is 0.703. The van der Waals surface area contributed by atoms with E-state index in [0.29, 0.717) is 10.6 Å². The van der Waals surface area contributed by atoms with Crippen LogP contribution in [0, 0.1) is 13.8 Å². The second-order valence-electron chi connectivity index (χ2n) is 5.81. The van der Waals surface area contributed by atoms with Crippen LogP contribution in [0.25, 0.3) is 11.1 Å². The van der Waals surface area contributed by atoms with Gasteiger partial charge in [0.1, 0.15) is 5.00 Å². The third-order valence-electron chi connectivity index (χ3n) is 3.90. The number of anilines is 1. The van der Waals surface area contributed by atoms with Crippen LogP contribution in [0.2, 0.25) is 0 Å². The first-order valence-electron chi connectivity index (χ1n) is 7.80. The molecular formula is C18H20N2O4S. The van der Waals surface area contributed by atoms with Gasteiger partial charge in [0.25, 0.3) is 5.91 Å². The van der Waals surface area contributed by atoms with E-state index in [1.165, 1.54) is 11.3 Å². The van der Waals surface area contributed by atoms with Crippen LogP contribution in [-0.2, 0) is 9.59 Å². The van der Waals surface area contributed by atoms with Crippen molar-refractivity contribution >= 4 is 34.1 Å². The Morgan fingerprint density at radius 3 is 2.48 bits per heavy atom. The highest BCUT2D eigenvalue weighted by molar-refractivity contribution is 7.15. The maximum atomic E-state index is 12.0. The topological polar surface area (TPSA) is 109 Å². The van der Waals surface area contributed by atoms with Gasteiger partial charge in [-0.1, -0.05) is 18.2 Å². The fraction of sp³-hybridized carbons (Fsp3) is 0.278. The van der Waals surface area contributed by atoms with Gasteiger partial charge in [0.15, 0.2) is 0 Å². The number of amides is 2. The predicted molar refractivity (Wildman–Crippen MR) is 97.9 cm³/mol. The number of nitrogens with one attached hydrogen (secondary N) is 1. The van der Waals surface area contributed by atoms with Gasteiger partial charge in [-0.25, -0.2) is 0 Å². The van der Waals surface area contributed by atoms with Crippen molar-refractivity contribution in [2.45, 2.75) is 33.1 Å². The van der Waals surface area contributed by atoms with Crippen molar-refractivity contribution in [3.05, 3.63) is 40.3 Å². The van der Waals surface area contributed by atoms with Crippen molar-refractivity contribution in [2.24, 2.45) is 5.73 Å². The second-order valence-corrected chi connectivity index (χ2v) is 6.69. The molecule has 132 valence electrons. The van der Waals surface area contributed by atoms with Gasteiger partial charge in [0.05, 0.1) is 5.56 Å². The number of carbonyl (C=O) groups excluding carboxylic acids is 2. The maximum absolute atomic E-state index is 12.0. The molecule has 1 heterocycles. The number of hydrogen-bond acceptors (Lipinski definition) is 4. The van der Waals surface area contributed by atoms with E-state index in [1.54, 1.807) is 5.38 Å². The smallest absolute Gasteiger partial charge is 0.303 e. The highest BCUT2D eigenvalue weighted by Gasteiger charge is 2.20. The lowest BCUT2D eigenvalue weighted by molar-refractivity contribution is -0.137. The molecule has 25 heavy (non-hydrogen) atoms. The zero-order valence-electron chi connectivity index (χ0n) is 14.1. The summed E-state index contributed by atoms with van der Waals surface area (Å²) in [4.78, 5) is 34.4. The molecule has 0 spiro atoms. The molecule has 0 aliphatic carbocycles. The highest BCUT2D eigenvalue weighted by Crippen LogP contribution is 2.36. The SMILES string of the molecule is Cc1ccc(-c2csc(NC(=O)CCCC(=O)O)c2C(N)=O)cc1C. The van der Waals surface area contributed by atoms with Crippen LogP contribution in [0.15, 0.2) is 23.6 Å². The third-order valence-corrected chi connectivity index (χ3v) is 4.80. The molecule has 0 radical (unpaired) electrons. The number of rotatable bonds is 7. The lowest BCUT2D eigenvalue weighted by atomic mass is 9.99. The Hall–Kier alpha value is -2.67. The molecule has 0 bridgehead atoms. The molecule has 1 aromatic heterocycles. The molecule has 4 N–H and O–H groups in total. The lowest BCUT2D eigenvalue weighted by Crippen LogP contribution is -2.17. The van der Waals surface area contributed by atoms with Crippen LogP contribution < -0.4 is 11.1 Å². The van der Waals surface area contributed by atoms with Crippen LogP contribution in [0.1, 0.15) is 40.7 Å². The van der Waals surface area contributed by atoms with Crippen molar-refractivity contribution in [3.8, 4) is 11.1 Å². The minimum absolute atomic E-state index is 0.0708. The molecule has 6 nitrogen and oxygen atoms in total. The van der Waals surface area contributed by atoms with Crippen LogP contribution in [0.3, 0.4) is 0 Å². The first-order chi connectivity index (χ1) is 11.8. The number of nitrogens with two attached hydrogens (primary N) is 1. The van der Waals surface area contributed by atoms with Crippen LogP contribution in [0.5, 0.6) is 0 Å². The van der Waals surface area contributed by atoms with Crippen molar-refractivity contribution in [1.82, 2.24) is 0 Å². The molecule has 0 unspecified atom stereocenters. The molecule has 7 heteroatoms. The molecule has 1 aromatic carbocycles. The summed E-state index contributed by atoms with van der Waals surface area (Å²) < 4.78 is 0. The Morgan fingerprint density at radius 1 is 1.16 bits per heavy atom. The van der Waals surface area contributed by atoms with Crippen LogP contribution in [0.4, 0.5) is 5.00 Å². The number of carbonyl (C=O) groups is 3. The first-order valence-corrected chi connectivity index (χ1v) is 8.68. The van der Waals surface area contributed by atoms with Gasteiger partial charge in [-0.3, -0.25) is 14.4 Å². The van der Waals surface area contributed by atoms with Gasteiger partial charge >= 0.3 is 5.97 Å². The molecule has 2 amide bonds. The average molecular weight is 360 g/mol. The normalized spacial score (nSPS) is 10.5. The monoisotopic (exact) mass is 360 g/mol. The molecule has 0 aliphatic heterocycles. The van der Waals surface area contributed by atoms with Crippen LogP contribution >= 0.6 is 11.3 Å². The van der Waals surface area contributed by atoms with Gasteiger partial charge < -0.3 is 16.2 Å².